The van der Waals surface area contributed by atoms with Crippen LogP contribution in [0.4, 0.5) is 5.69 Å². The molecule has 1 aromatic rings. The molecule has 6 nitrogen and oxygen atoms in total. The molecule has 0 aromatic heterocycles. The predicted octanol–water partition coefficient (Wildman–Crippen LogP) is 3.81. The van der Waals surface area contributed by atoms with Crippen molar-refractivity contribution in [2.45, 2.75) is 27.2 Å². The molecule has 0 spiro atoms. The Labute approximate surface area is 180 Å². The van der Waals surface area contributed by atoms with Crippen molar-refractivity contribution in [3.63, 3.8) is 0 Å². The van der Waals surface area contributed by atoms with Gasteiger partial charge in [0.25, 0.3) is 0 Å². The molecule has 0 bridgehead atoms. The highest BCUT2D eigenvalue weighted by Gasteiger charge is 2.03. The summed E-state index contributed by atoms with van der Waals surface area (Å²) in [6.45, 7) is 14.0. The van der Waals surface area contributed by atoms with Gasteiger partial charge in [-0.1, -0.05) is 38.0 Å². The Morgan fingerprint density at radius 2 is 2.10 bits per heavy atom. The summed E-state index contributed by atoms with van der Waals surface area (Å²) >= 11 is 0. The van der Waals surface area contributed by atoms with Crippen LogP contribution in [0.15, 0.2) is 77.0 Å². The maximum atomic E-state index is 5.61. The van der Waals surface area contributed by atoms with Crippen molar-refractivity contribution in [2.75, 3.05) is 18.9 Å². The van der Waals surface area contributed by atoms with E-state index in [1.165, 1.54) is 6.20 Å². The average Bonchev–Trinajstić information content (AvgIpc) is 2.71. The van der Waals surface area contributed by atoms with Gasteiger partial charge in [-0.25, -0.2) is 4.99 Å². The molecule has 1 aromatic carbocycles. The highest BCUT2D eigenvalue weighted by Crippen LogP contribution is 2.15. The van der Waals surface area contributed by atoms with E-state index >= 15 is 0 Å². The topological polar surface area (TPSA) is 86.8 Å². The van der Waals surface area contributed by atoms with E-state index in [1.807, 2.05) is 39.0 Å². The molecular weight excluding hydrogens is 372 g/mol. The summed E-state index contributed by atoms with van der Waals surface area (Å²) in [5.41, 5.74) is 11.0. The molecule has 5 N–H and O–H groups in total. The van der Waals surface area contributed by atoms with E-state index < -0.39 is 0 Å². The van der Waals surface area contributed by atoms with Crippen LogP contribution in [-0.4, -0.2) is 25.5 Å². The molecule has 1 rings (SSSR count). The van der Waals surface area contributed by atoms with Gasteiger partial charge >= 0.3 is 0 Å². The zero-order chi connectivity index (χ0) is 22.4. The number of nitrogens with one attached hydrogen (secondary N) is 3. The molecule has 0 heterocycles. The molecule has 30 heavy (non-hydrogen) atoms. The summed E-state index contributed by atoms with van der Waals surface area (Å²) in [7, 11) is 1.72. The van der Waals surface area contributed by atoms with E-state index in [4.69, 9.17) is 5.73 Å². The molecule has 0 radical (unpaired) electrons. The van der Waals surface area contributed by atoms with Gasteiger partial charge in [-0.05, 0) is 56.4 Å². The highest BCUT2D eigenvalue weighted by molar-refractivity contribution is 6.30. The molecule has 0 aliphatic rings. The van der Waals surface area contributed by atoms with E-state index in [9.17, 15) is 0 Å². The van der Waals surface area contributed by atoms with Crippen LogP contribution in [0.1, 0.15) is 31.4 Å². The van der Waals surface area contributed by atoms with Crippen LogP contribution in [0.2, 0.25) is 0 Å². The van der Waals surface area contributed by atoms with Crippen molar-refractivity contribution in [3.05, 3.63) is 78.2 Å². The van der Waals surface area contributed by atoms with Gasteiger partial charge in [0.05, 0.1) is 12.3 Å². The van der Waals surface area contributed by atoms with Crippen molar-refractivity contribution in [2.24, 2.45) is 15.7 Å². The quantitative estimate of drug-likeness (QED) is 0.271. The smallest absolute Gasteiger partial charge is 0.130 e. The highest BCUT2D eigenvalue weighted by atomic mass is 15.1. The fraction of sp³-hybridized carbons (Fsp3) is 0.250. The van der Waals surface area contributed by atoms with Crippen molar-refractivity contribution in [1.82, 2.24) is 10.6 Å². The third-order valence-corrected chi connectivity index (χ3v) is 3.83. The van der Waals surface area contributed by atoms with Gasteiger partial charge in [-0.3, -0.25) is 4.99 Å². The number of benzene rings is 1. The molecule has 0 aliphatic heterocycles. The lowest BCUT2D eigenvalue weighted by molar-refractivity contribution is 0.812. The molecule has 158 valence electrons. The summed E-state index contributed by atoms with van der Waals surface area (Å²) < 4.78 is 0. The molecule has 0 saturated heterocycles. The molecule has 0 fully saturated rings. The van der Waals surface area contributed by atoms with Crippen LogP contribution in [-0.2, 0) is 0 Å². The fourth-order valence-electron chi connectivity index (χ4n) is 2.44. The molecule has 0 amide bonds. The first-order chi connectivity index (χ1) is 14.4. The van der Waals surface area contributed by atoms with E-state index in [1.54, 1.807) is 25.5 Å². The fourth-order valence-corrected chi connectivity index (χ4v) is 2.44. The largest absolute Gasteiger partial charge is 0.405 e. The Bertz CT molecular complexity index is 923. The lowest BCUT2D eigenvalue weighted by Gasteiger charge is -2.11. The predicted molar refractivity (Wildman–Crippen MR) is 130 cm³/mol. The van der Waals surface area contributed by atoms with Crippen molar-refractivity contribution in [3.8, 4) is 11.8 Å². The normalized spacial score (nSPS) is 12.2. The molecule has 0 atom stereocenters. The standard InChI is InChI=1S/C24H32N6/c1-7-21(17-26-6)30-23(13-14-25)24(27-8-2)28-15-9-10-20-16-22(29-18(3)4)12-11-19(20)5/h8,11-14,16-17,27-29H,2-3,7,15,25H2,1,4-6H3. The maximum Gasteiger partial charge on any atom is 0.130 e. The van der Waals surface area contributed by atoms with Crippen LogP contribution in [0, 0.1) is 18.8 Å². The summed E-state index contributed by atoms with van der Waals surface area (Å²) in [6, 6.07) is 6.06. The minimum atomic E-state index is 0.411. The lowest BCUT2D eigenvalue weighted by Crippen LogP contribution is -2.25. The number of hydrogen-bond acceptors (Lipinski definition) is 6. The first-order valence-electron chi connectivity index (χ1n) is 9.70. The van der Waals surface area contributed by atoms with E-state index in [0.717, 1.165) is 34.6 Å². The van der Waals surface area contributed by atoms with E-state index in [0.29, 0.717) is 18.1 Å². The number of nitrogens with two attached hydrogens (primary N) is 1. The minimum Gasteiger partial charge on any atom is -0.405 e. The summed E-state index contributed by atoms with van der Waals surface area (Å²) in [6.07, 6.45) is 7.20. The molecule has 0 aliphatic carbocycles. The second-order valence-electron chi connectivity index (χ2n) is 6.40. The number of anilines is 1. The minimum absolute atomic E-state index is 0.411. The molecule has 0 unspecified atom stereocenters. The number of nitrogens with zero attached hydrogens (tertiary/aromatic N) is 2. The van der Waals surface area contributed by atoms with Crippen molar-refractivity contribution >= 4 is 17.6 Å². The van der Waals surface area contributed by atoms with E-state index in [-0.39, 0.29) is 0 Å². The Kier molecular flexibility index (Phi) is 10.9. The van der Waals surface area contributed by atoms with Crippen molar-refractivity contribution < 1.29 is 0 Å². The molecular formula is C24H32N6. The second kappa shape index (κ2) is 13.5. The monoisotopic (exact) mass is 404 g/mol. The van der Waals surface area contributed by atoms with Gasteiger partial charge in [-0.2, -0.15) is 0 Å². The van der Waals surface area contributed by atoms with Crippen LogP contribution >= 0.6 is 0 Å². The van der Waals surface area contributed by atoms with Gasteiger partial charge in [0.15, 0.2) is 0 Å². The maximum absolute atomic E-state index is 5.61. The number of allylic oxidation sites excluding steroid dienone is 2. The average molecular weight is 405 g/mol. The number of aliphatic imine (C=N–C) groups is 2. The zero-order valence-corrected chi connectivity index (χ0v) is 18.3. The van der Waals surface area contributed by atoms with Gasteiger partial charge in [0.1, 0.15) is 11.5 Å². The SMILES string of the molecule is C=CNC(NCC#Cc1cc(NC(=C)C)ccc1C)=C(C=CN)N=C(C=NC)CC. The van der Waals surface area contributed by atoms with Crippen LogP contribution in [0.25, 0.3) is 0 Å². The third kappa shape index (κ3) is 8.53. The number of hydrogen-bond donors (Lipinski definition) is 4. The Balaban J connectivity index is 3.10. The van der Waals surface area contributed by atoms with Crippen LogP contribution < -0.4 is 21.7 Å². The Morgan fingerprint density at radius 1 is 1.33 bits per heavy atom. The second-order valence-corrected chi connectivity index (χ2v) is 6.40. The van der Waals surface area contributed by atoms with Crippen molar-refractivity contribution in [1.29, 1.82) is 0 Å². The third-order valence-electron chi connectivity index (χ3n) is 3.83. The number of rotatable bonds is 10. The first kappa shape index (κ1) is 24.3. The summed E-state index contributed by atoms with van der Waals surface area (Å²) in [4.78, 5) is 8.67. The summed E-state index contributed by atoms with van der Waals surface area (Å²) in [5, 5.41) is 9.53. The lowest BCUT2D eigenvalue weighted by atomic mass is 10.1. The van der Waals surface area contributed by atoms with Gasteiger partial charge < -0.3 is 21.7 Å². The van der Waals surface area contributed by atoms with Crippen LogP contribution in [0.3, 0.4) is 0 Å². The Hall–Kier alpha value is -3.72. The van der Waals surface area contributed by atoms with Gasteiger partial charge in [-0.15, -0.1) is 0 Å². The molecule has 0 saturated carbocycles. The first-order valence-corrected chi connectivity index (χ1v) is 9.70. The number of aryl methyl sites for hydroxylation is 1. The Morgan fingerprint density at radius 3 is 2.70 bits per heavy atom. The summed E-state index contributed by atoms with van der Waals surface area (Å²) in [5.74, 6) is 7.02. The van der Waals surface area contributed by atoms with Gasteiger partial charge in [0.2, 0.25) is 0 Å². The zero-order valence-electron chi connectivity index (χ0n) is 18.3. The van der Waals surface area contributed by atoms with E-state index in [2.05, 4.69) is 50.9 Å². The van der Waals surface area contributed by atoms with Crippen LogP contribution in [0.5, 0.6) is 0 Å². The van der Waals surface area contributed by atoms with Gasteiger partial charge in [0, 0.05) is 30.2 Å². The molecule has 6 heteroatoms.